The monoisotopic (exact) mass is 337 g/mol. The highest BCUT2D eigenvalue weighted by atomic mass is 79.9. The van der Waals surface area contributed by atoms with E-state index in [1.54, 1.807) is 0 Å². The molecule has 1 fully saturated rings. The van der Waals surface area contributed by atoms with Crippen LogP contribution < -0.4 is 5.32 Å². The van der Waals surface area contributed by atoms with E-state index in [1.165, 1.54) is 55.0 Å². The van der Waals surface area contributed by atoms with E-state index in [9.17, 15) is 0 Å². The van der Waals surface area contributed by atoms with Gasteiger partial charge in [-0.3, -0.25) is 0 Å². The molecule has 112 valence electrons. The number of halogens is 1. The highest BCUT2D eigenvalue weighted by Crippen LogP contribution is 2.28. The molecule has 0 radical (unpaired) electrons. The highest BCUT2D eigenvalue weighted by molar-refractivity contribution is 9.10. The molecule has 1 aromatic carbocycles. The quantitative estimate of drug-likeness (QED) is 0.765. The summed E-state index contributed by atoms with van der Waals surface area (Å²) in [5, 5.41) is 3.76. The van der Waals surface area contributed by atoms with E-state index in [4.69, 9.17) is 0 Å². The number of benzene rings is 1. The molecule has 1 unspecified atom stereocenters. The Bertz CT molecular complexity index is 383. The summed E-state index contributed by atoms with van der Waals surface area (Å²) in [6, 6.07) is 9.32. The summed E-state index contributed by atoms with van der Waals surface area (Å²) in [7, 11) is 0. The fourth-order valence-electron chi connectivity index (χ4n) is 3.46. The molecule has 0 aromatic heterocycles. The molecule has 0 amide bonds. The maximum Gasteiger partial charge on any atom is 0.0207 e. The number of rotatable bonds is 5. The van der Waals surface area contributed by atoms with E-state index in [1.807, 2.05) is 0 Å². The van der Waals surface area contributed by atoms with Crippen LogP contribution in [0.2, 0.25) is 0 Å². The number of hydrogen-bond donors (Lipinski definition) is 1. The van der Waals surface area contributed by atoms with Gasteiger partial charge in [0.1, 0.15) is 0 Å². The molecule has 0 bridgehead atoms. The van der Waals surface area contributed by atoms with Crippen LogP contribution in [0.4, 0.5) is 0 Å². The van der Waals surface area contributed by atoms with Crippen LogP contribution in [-0.2, 0) is 6.42 Å². The zero-order valence-corrected chi connectivity index (χ0v) is 14.3. The van der Waals surface area contributed by atoms with Crippen molar-refractivity contribution in [2.24, 2.45) is 5.92 Å². The number of nitrogens with one attached hydrogen (secondary N) is 1. The van der Waals surface area contributed by atoms with Gasteiger partial charge in [0.2, 0.25) is 0 Å². The Morgan fingerprint density at radius 1 is 1.10 bits per heavy atom. The van der Waals surface area contributed by atoms with E-state index >= 15 is 0 Å². The molecule has 1 N–H and O–H groups in total. The third-order valence-electron chi connectivity index (χ3n) is 4.58. The first-order chi connectivity index (χ1) is 9.81. The Labute approximate surface area is 132 Å². The Kier molecular flexibility index (Phi) is 7.09. The minimum atomic E-state index is 0.636. The van der Waals surface area contributed by atoms with Crippen LogP contribution in [-0.4, -0.2) is 12.6 Å². The van der Waals surface area contributed by atoms with Crippen molar-refractivity contribution < 1.29 is 0 Å². The van der Waals surface area contributed by atoms with Crippen LogP contribution in [0.15, 0.2) is 28.7 Å². The molecule has 0 spiro atoms. The molecular weight excluding hydrogens is 310 g/mol. The largest absolute Gasteiger partial charge is 0.314 e. The fraction of sp³-hybridized carbons (Fsp3) is 0.667. The van der Waals surface area contributed by atoms with E-state index < -0.39 is 0 Å². The summed E-state index contributed by atoms with van der Waals surface area (Å²) in [5.41, 5.74) is 1.44. The lowest BCUT2D eigenvalue weighted by molar-refractivity contribution is 0.286. The molecule has 1 aliphatic carbocycles. The smallest absolute Gasteiger partial charge is 0.0207 e. The Balaban J connectivity index is 2.03. The second-order valence-corrected chi connectivity index (χ2v) is 6.92. The van der Waals surface area contributed by atoms with Gasteiger partial charge in [-0.1, -0.05) is 73.2 Å². The standard InChI is InChI=1S/C18H28BrN/c1-2-20-18(14-16-12-8-9-13-17(16)19)15-10-6-4-3-5-7-11-15/h8-9,12-13,15,18,20H,2-7,10-11,14H2,1H3. The Morgan fingerprint density at radius 3 is 2.40 bits per heavy atom. The predicted molar refractivity (Wildman–Crippen MR) is 91.1 cm³/mol. The van der Waals surface area contributed by atoms with Crippen molar-refractivity contribution >= 4 is 15.9 Å². The van der Waals surface area contributed by atoms with Crippen molar-refractivity contribution in [1.29, 1.82) is 0 Å². The maximum absolute atomic E-state index is 3.76. The highest BCUT2D eigenvalue weighted by Gasteiger charge is 2.22. The topological polar surface area (TPSA) is 12.0 Å². The SMILES string of the molecule is CCNC(Cc1ccccc1Br)C1CCCCCCC1. The summed E-state index contributed by atoms with van der Waals surface area (Å²) in [4.78, 5) is 0. The average Bonchev–Trinajstić information content (AvgIpc) is 2.40. The van der Waals surface area contributed by atoms with Gasteiger partial charge < -0.3 is 5.32 Å². The molecule has 1 aliphatic rings. The lowest BCUT2D eigenvalue weighted by Crippen LogP contribution is -2.38. The van der Waals surface area contributed by atoms with Crippen molar-refractivity contribution in [2.45, 2.75) is 64.3 Å². The van der Waals surface area contributed by atoms with Crippen LogP contribution in [0, 0.1) is 5.92 Å². The molecule has 1 saturated carbocycles. The average molecular weight is 338 g/mol. The number of likely N-dealkylation sites (N-methyl/N-ethyl adjacent to an activating group) is 1. The summed E-state index contributed by atoms with van der Waals surface area (Å²) >= 11 is 3.70. The molecule has 1 nitrogen and oxygen atoms in total. The van der Waals surface area contributed by atoms with Crippen LogP contribution in [0.25, 0.3) is 0 Å². The van der Waals surface area contributed by atoms with Gasteiger partial charge in [-0.15, -0.1) is 0 Å². The lowest BCUT2D eigenvalue weighted by Gasteiger charge is -2.30. The van der Waals surface area contributed by atoms with Gasteiger partial charge in [-0.25, -0.2) is 0 Å². The van der Waals surface area contributed by atoms with Crippen molar-refractivity contribution in [3.8, 4) is 0 Å². The van der Waals surface area contributed by atoms with Crippen molar-refractivity contribution in [3.05, 3.63) is 34.3 Å². The lowest BCUT2D eigenvalue weighted by atomic mass is 9.83. The molecule has 2 rings (SSSR count). The zero-order chi connectivity index (χ0) is 14.2. The molecule has 0 saturated heterocycles. The van der Waals surface area contributed by atoms with Crippen molar-refractivity contribution in [2.75, 3.05) is 6.54 Å². The molecule has 0 aliphatic heterocycles. The first-order valence-corrected chi connectivity index (χ1v) is 9.07. The summed E-state index contributed by atoms with van der Waals surface area (Å²) in [5.74, 6) is 0.849. The minimum absolute atomic E-state index is 0.636. The second-order valence-electron chi connectivity index (χ2n) is 6.06. The Hall–Kier alpha value is -0.340. The van der Waals surface area contributed by atoms with Crippen LogP contribution in [0.3, 0.4) is 0 Å². The third kappa shape index (κ3) is 4.89. The molecule has 0 heterocycles. The maximum atomic E-state index is 3.76. The number of hydrogen-bond acceptors (Lipinski definition) is 1. The minimum Gasteiger partial charge on any atom is -0.314 e. The molecule has 1 aromatic rings. The predicted octanol–water partition coefficient (Wildman–Crippen LogP) is 5.33. The Morgan fingerprint density at radius 2 is 1.75 bits per heavy atom. The summed E-state index contributed by atoms with van der Waals surface area (Å²) in [6.07, 6.45) is 11.1. The summed E-state index contributed by atoms with van der Waals surface area (Å²) in [6.45, 7) is 3.31. The van der Waals surface area contributed by atoms with Crippen molar-refractivity contribution in [3.63, 3.8) is 0 Å². The van der Waals surface area contributed by atoms with Crippen molar-refractivity contribution in [1.82, 2.24) is 5.32 Å². The van der Waals surface area contributed by atoms with E-state index in [0.717, 1.165) is 18.9 Å². The van der Waals surface area contributed by atoms with Gasteiger partial charge in [0.15, 0.2) is 0 Å². The molecule has 20 heavy (non-hydrogen) atoms. The van der Waals surface area contributed by atoms with Gasteiger partial charge in [-0.2, -0.15) is 0 Å². The second kappa shape index (κ2) is 8.84. The summed E-state index contributed by atoms with van der Waals surface area (Å²) < 4.78 is 1.26. The van der Waals surface area contributed by atoms with E-state index in [2.05, 4.69) is 52.4 Å². The van der Waals surface area contributed by atoms with Gasteiger partial charge in [0.05, 0.1) is 0 Å². The van der Waals surface area contributed by atoms with Crippen LogP contribution in [0.5, 0.6) is 0 Å². The van der Waals surface area contributed by atoms with Gasteiger partial charge in [0, 0.05) is 10.5 Å². The van der Waals surface area contributed by atoms with Gasteiger partial charge >= 0.3 is 0 Å². The van der Waals surface area contributed by atoms with E-state index in [0.29, 0.717) is 6.04 Å². The molecular formula is C18H28BrN. The molecule has 2 heteroatoms. The third-order valence-corrected chi connectivity index (χ3v) is 5.36. The van der Waals surface area contributed by atoms with Crippen LogP contribution in [0.1, 0.15) is 57.4 Å². The fourth-order valence-corrected chi connectivity index (χ4v) is 3.91. The normalized spacial score (nSPS) is 19.3. The van der Waals surface area contributed by atoms with E-state index in [-0.39, 0.29) is 0 Å². The molecule has 1 atom stereocenters. The first-order valence-electron chi connectivity index (χ1n) is 8.28. The first kappa shape index (κ1) is 16.0. The van der Waals surface area contributed by atoms with Crippen LogP contribution >= 0.6 is 15.9 Å². The van der Waals surface area contributed by atoms with Gasteiger partial charge in [-0.05, 0) is 43.4 Å². The van der Waals surface area contributed by atoms with Gasteiger partial charge in [0.25, 0.3) is 0 Å². The zero-order valence-electron chi connectivity index (χ0n) is 12.7.